The third kappa shape index (κ3) is 6.14. The Kier molecular flexibility index (Phi) is 7.27. The van der Waals surface area contributed by atoms with Crippen molar-refractivity contribution in [1.29, 1.82) is 0 Å². The Bertz CT molecular complexity index is 974. The third-order valence-corrected chi connectivity index (χ3v) is 8.74. The fraction of sp³-hybridized carbons (Fsp3) is 0.579. The number of thioether (sulfide) groups is 1. The van der Waals surface area contributed by atoms with Gasteiger partial charge in [0.2, 0.25) is 5.91 Å². The summed E-state index contributed by atoms with van der Waals surface area (Å²) >= 11 is 3.29. The highest BCUT2D eigenvalue weighted by Gasteiger charge is 2.23. The van der Waals surface area contributed by atoms with Gasteiger partial charge in [0.1, 0.15) is 0 Å². The minimum Gasteiger partial charge on any atom is -0.353 e. The Morgan fingerprint density at radius 3 is 2.80 bits per heavy atom. The predicted octanol–water partition coefficient (Wildman–Crippen LogP) is 2.21. The molecule has 2 fully saturated rings. The maximum absolute atomic E-state index is 12.3. The number of hydrogen-bond donors (Lipinski definition) is 1. The van der Waals surface area contributed by atoms with Crippen molar-refractivity contribution >= 4 is 54.7 Å². The molecular weight excluding hydrogens is 446 g/mol. The number of anilines is 1. The summed E-state index contributed by atoms with van der Waals surface area (Å²) < 4.78 is 36.1. The maximum Gasteiger partial charge on any atom is 0.238 e. The van der Waals surface area contributed by atoms with Gasteiger partial charge in [0.15, 0.2) is 20.5 Å². The molecule has 0 bridgehead atoms. The maximum atomic E-state index is 12.3. The van der Waals surface area contributed by atoms with Gasteiger partial charge >= 0.3 is 0 Å². The largest absolute Gasteiger partial charge is 0.353 e. The number of carbonyl (C=O) groups is 1. The van der Waals surface area contributed by atoms with Crippen molar-refractivity contribution in [3.63, 3.8) is 0 Å². The summed E-state index contributed by atoms with van der Waals surface area (Å²) in [4.78, 5) is 18.8. The summed E-state index contributed by atoms with van der Waals surface area (Å²) in [5, 5.41) is 2.91. The average Bonchev–Trinajstić information content (AvgIpc) is 3.12. The lowest BCUT2D eigenvalue weighted by molar-refractivity contribution is -0.178. The molecule has 2 aliphatic heterocycles. The fourth-order valence-electron chi connectivity index (χ4n) is 3.30. The molecule has 2 aromatic rings. The van der Waals surface area contributed by atoms with Crippen LogP contribution < -0.4 is 5.32 Å². The molecule has 0 radical (unpaired) electrons. The van der Waals surface area contributed by atoms with Gasteiger partial charge in [0, 0.05) is 31.0 Å². The van der Waals surface area contributed by atoms with Crippen LogP contribution in [-0.2, 0) is 24.1 Å². The zero-order valence-electron chi connectivity index (χ0n) is 16.5. The van der Waals surface area contributed by atoms with E-state index in [1.807, 2.05) is 23.1 Å². The van der Waals surface area contributed by atoms with E-state index in [1.165, 1.54) is 0 Å². The van der Waals surface area contributed by atoms with Crippen LogP contribution in [0.1, 0.15) is 12.8 Å². The van der Waals surface area contributed by atoms with E-state index in [9.17, 15) is 13.2 Å². The number of aromatic nitrogens is 1. The summed E-state index contributed by atoms with van der Waals surface area (Å²) in [6.45, 7) is 2.54. The molecule has 1 aromatic heterocycles. The molecule has 0 unspecified atom stereocenters. The molecule has 1 aromatic carbocycles. The van der Waals surface area contributed by atoms with Crippen molar-refractivity contribution < 1.29 is 22.7 Å². The first-order valence-electron chi connectivity index (χ1n) is 9.96. The standard InChI is InChI=1S/C19H25N3O5S3/c23-17(13-22-5-10-30(24,25)11-6-22)20-14-2-3-15-16(12-14)29-19(21-15)28-9-4-18-26-7-1-8-27-18/h2-3,12,18H,1,4-11,13H2,(H,20,23). The molecule has 11 heteroatoms. The molecule has 8 nitrogen and oxygen atoms in total. The Labute approximate surface area is 184 Å². The van der Waals surface area contributed by atoms with E-state index in [-0.39, 0.29) is 30.2 Å². The number of amides is 1. The van der Waals surface area contributed by atoms with Crippen molar-refractivity contribution in [2.45, 2.75) is 23.5 Å². The molecule has 0 spiro atoms. The number of rotatable bonds is 7. The lowest BCUT2D eigenvalue weighted by Crippen LogP contribution is -2.43. The second kappa shape index (κ2) is 9.92. The summed E-state index contributed by atoms with van der Waals surface area (Å²) in [5.41, 5.74) is 1.63. The van der Waals surface area contributed by atoms with Crippen LogP contribution in [0.4, 0.5) is 5.69 Å². The number of ether oxygens (including phenoxy) is 2. The van der Waals surface area contributed by atoms with Crippen molar-refractivity contribution in [2.24, 2.45) is 0 Å². The zero-order valence-corrected chi connectivity index (χ0v) is 19.0. The van der Waals surface area contributed by atoms with E-state index >= 15 is 0 Å². The number of sulfone groups is 1. The molecule has 0 atom stereocenters. The summed E-state index contributed by atoms with van der Waals surface area (Å²) in [6, 6.07) is 5.69. The lowest BCUT2D eigenvalue weighted by atomic mass is 10.3. The van der Waals surface area contributed by atoms with E-state index in [2.05, 4.69) is 10.3 Å². The van der Waals surface area contributed by atoms with E-state index in [4.69, 9.17) is 9.47 Å². The number of fused-ring (bicyclic) bond motifs is 1. The molecule has 30 heavy (non-hydrogen) atoms. The molecular formula is C19H25N3O5S3. The minimum atomic E-state index is -2.94. The van der Waals surface area contributed by atoms with Gasteiger partial charge in [-0.3, -0.25) is 9.69 Å². The summed E-state index contributed by atoms with van der Waals surface area (Å²) in [6.07, 6.45) is 1.68. The van der Waals surface area contributed by atoms with Crippen LogP contribution in [0.2, 0.25) is 0 Å². The molecule has 0 saturated carbocycles. The Morgan fingerprint density at radius 1 is 1.27 bits per heavy atom. The van der Waals surface area contributed by atoms with Crippen LogP contribution in [0.3, 0.4) is 0 Å². The van der Waals surface area contributed by atoms with Gasteiger partial charge in [-0.05, 0) is 24.6 Å². The molecule has 1 amide bonds. The number of hydrogen-bond acceptors (Lipinski definition) is 9. The number of nitrogens with one attached hydrogen (secondary N) is 1. The van der Waals surface area contributed by atoms with Gasteiger partial charge < -0.3 is 14.8 Å². The monoisotopic (exact) mass is 471 g/mol. The van der Waals surface area contributed by atoms with E-state index in [1.54, 1.807) is 23.1 Å². The quantitative estimate of drug-likeness (QED) is 0.614. The van der Waals surface area contributed by atoms with Crippen LogP contribution in [0, 0.1) is 0 Å². The van der Waals surface area contributed by atoms with Gasteiger partial charge in [0.05, 0.1) is 41.5 Å². The van der Waals surface area contributed by atoms with Crippen LogP contribution in [0.5, 0.6) is 0 Å². The Morgan fingerprint density at radius 2 is 2.03 bits per heavy atom. The zero-order chi connectivity index (χ0) is 21.0. The smallest absolute Gasteiger partial charge is 0.238 e. The van der Waals surface area contributed by atoms with Crippen LogP contribution in [0.15, 0.2) is 22.5 Å². The summed E-state index contributed by atoms with van der Waals surface area (Å²) in [7, 11) is -2.94. The van der Waals surface area contributed by atoms with Gasteiger partial charge in [-0.15, -0.1) is 11.3 Å². The molecule has 0 aliphatic carbocycles. The molecule has 2 aliphatic rings. The first kappa shape index (κ1) is 22.0. The number of nitrogens with zero attached hydrogens (tertiary/aromatic N) is 2. The number of benzene rings is 1. The normalized spacial score (nSPS) is 20.4. The Balaban J connectivity index is 1.28. The second-order valence-corrected chi connectivity index (χ2v) is 12.0. The van der Waals surface area contributed by atoms with Crippen LogP contribution >= 0.6 is 23.1 Å². The highest BCUT2D eigenvalue weighted by Crippen LogP contribution is 2.32. The Hall–Kier alpha value is -1.24. The molecule has 4 rings (SSSR count). The van der Waals surface area contributed by atoms with Crippen molar-refractivity contribution in [3.05, 3.63) is 18.2 Å². The predicted molar refractivity (Wildman–Crippen MR) is 119 cm³/mol. The first-order chi connectivity index (χ1) is 14.5. The summed E-state index contributed by atoms with van der Waals surface area (Å²) in [5.74, 6) is 0.971. The van der Waals surface area contributed by atoms with E-state index in [0.29, 0.717) is 13.1 Å². The lowest BCUT2D eigenvalue weighted by Gasteiger charge is -2.25. The topological polar surface area (TPSA) is 97.8 Å². The third-order valence-electron chi connectivity index (χ3n) is 4.93. The van der Waals surface area contributed by atoms with Gasteiger partial charge in [-0.25, -0.2) is 13.4 Å². The number of carbonyl (C=O) groups excluding carboxylic acids is 1. The average molecular weight is 472 g/mol. The van der Waals surface area contributed by atoms with Crippen molar-refractivity contribution in [3.8, 4) is 0 Å². The minimum absolute atomic E-state index is 0.109. The second-order valence-electron chi connectivity index (χ2n) is 7.30. The highest BCUT2D eigenvalue weighted by molar-refractivity contribution is 8.01. The highest BCUT2D eigenvalue weighted by atomic mass is 32.2. The molecule has 164 valence electrons. The number of thiazole rings is 1. The molecule has 1 N–H and O–H groups in total. The first-order valence-corrected chi connectivity index (χ1v) is 13.6. The van der Waals surface area contributed by atoms with Crippen LogP contribution in [0.25, 0.3) is 10.2 Å². The SMILES string of the molecule is O=C(CN1CCS(=O)(=O)CC1)Nc1ccc2nc(SCCC3OCCCO3)sc2c1. The van der Waals surface area contributed by atoms with Gasteiger partial charge in [0.25, 0.3) is 0 Å². The van der Waals surface area contributed by atoms with Crippen molar-refractivity contribution in [1.82, 2.24) is 9.88 Å². The van der Waals surface area contributed by atoms with E-state index < -0.39 is 9.84 Å². The molecule has 2 saturated heterocycles. The van der Waals surface area contributed by atoms with Gasteiger partial charge in [-0.1, -0.05) is 11.8 Å². The van der Waals surface area contributed by atoms with Gasteiger partial charge in [-0.2, -0.15) is 0 Å². The fourth-order valence-corrected chi connectivity index (χ4v) is 6.72. The van der Waals surface area contributed by atoms with Crippen molar-refractivity contribution in [2.75, 3.05) is 55.4 Å². The van der Waals surface area contributed by atoms with Crippen LogP contribution in [-0.4, -0.2) is 80.6 Å². The molecule has 3 heterocycles. The van der Waals surface area contributed by atoms with E-state index in [0.717, 1.165) is 52.1 Å².